The maximum absolute atomic E-state index is 12.7. The van der Waals surface area contributed by atoms with Gasteiger partial charge in [0.05, 0.1) is 10.5 Å². The van der Waals surface area contributed by atoms with Gasteiger partial charge in [-0.25, -0.2) is 8.42 Å². The molecular formula is C14H22Cl2F6O2S. The molecule has 0 rings (SSSR count). The van der Waals surface area contributed by atoms with Gasteiger partial charge in [0, 0.05) is 0 Å². The monoisotopic (exact) mass is 438 g/mol. The van der Waals surface area contributed by atoms with Gasteiger partial charge in [-0.15, -0.1) is 23.2 Å². The molecule has 0 saturated heterocycles. The Morgan fingerprint density at radius 3 is 1.24 bits per heavy atom. The first-order chi connectivity index (χ1) is 11.2. The Morgan fingerprint density at radius 1 is 0.760 bits per heavy atom. The minimum absolute atomic E-state index is 0.110. The summed E-state index contributed by atoms with van der Waals surface area (Å²) in [5.74, 6) is 0. The molecule has 0 heterocycles. The van der Waals surface area contributed by atoms with Gasteiger partial charge in [0.1, 0.15) is 10.8 Å². The van der Waals surface area contributed by atoms with Crippen molar-refractivity contribution in [3.8, 4) is 0 Å². The highest BCUT2D eigenvalue weighted by molar-refractivity contribution is 7.92. The molecule has 0 fully saturated rings. The fraction of sp³-hybridized carbons (Fsp3) is 1.00. The van der Waals surface area contributed by atoms with E-state index in [1.807, 2.05) is 0 Å². The molecule has 152 valence electrons. The van der Waals surface area contributed by atoms with Crippen LogP contribution in [0.25, 0.3) is 0 Å². The van der Waals surface area contributed by atoms with Crippen LogP contribution in [0.1, 0.15) is 52.4 Å². The predicted octanol–water partition coefficient (Wildman–Crippen LogP) is 5.86. The van der Waals surface area contributed by atoms with Crippen molar-refractivity contribution in [2.45, 2.75) is 86.0 Å². The Balaban J connectivity index is 5.53. The Labute approximate surface area is 154 Å². The highest BCUT2D eigenvalue weighted by Gasteiger charge is 2.46. The number of halogens is 8. The lowest BCUT2D eigenvalue weighted by Gasteiger charge is -2.28. The summed E-state index contributed by atoms with van der Waals surface area (Å²) < 4.78 is 101. The minimum atomic E-state index is -4.79. The maximum atomic E-state index is 12.7. The lowest BCUT2D eigenvalue weighted by atomic mass is 10.1. The summed E-state index contributed by atoms with van der Waals surface area (Å²) in [4.78, 5) is 0. The van der Waals surface area contributed by atoms with Crippen molar-refractivity contribution >= 4 is 33.0 Å². The largest absolute Gasteiger partial charge is 0.404 e. The molecule has 4 unspecified atom stereocenters. The van der Waals surface area contributed by atoms with E-state index in [-0.39, 0.29) is 25.7 Å². The molecule has 0 amide bonds. The van der Waals surface area contributed by atoms with Crippen molar-refractivity contribution < 1.29 is 34.8 Å². The molecule has 0 aliphatic rings. The average molecular weight is 439 g/mol. The second-order valence-electron chi connectivity index (χ2n) is 5.90. The smallest absolute Gasteiger partial charge is 0.228 e. The molecule has 2 nitrogen and oxygen atoms in total. The van der Waals surface area contributed by atoms with Crippen LogP contribution in [0.3, 0.4) is 0 Å². The van der Waals surface area contributed by atoms with E-state index in [1.165, 1.54) is 0 Å². The van der Waals surface area contributed by atoms with Crippen molar-refractivity contribution in [2.24, 2.45) is 0 Å². The second-order valence-corrected chi connectivity index (χ2v) is 9.47. The molecule has 0 aliphatic heterocycles. The highest BCUT2D eigenvalue weighted by Crippen LogP contribution is 2.36. The molecule has 0 spiro atoms. The first kappa shape index (κ1) is 25.1. The number of hydrogen-bond donors (Lipinski definition) is 0. The van der Waals surface area contributed by atoms with E-state index >= 15 is 0 Å². The Hall–Kier alpha value is 0.110. The molecule has 0 radical (unpaired) electrons. The third-order valence-corrected chi connectivity index (χ3v) is 7.37. The van der Waals surface area contributed by atoms with E-state index in [2.05, 4.69) is 0 Å². The fourth-order valence-corrected chi connectivity index (χ4v) is 5.71. The maximum Gasteiger partial charge on any atom is 0.404 e. The lowest BCUT2D eigenvalue weighted by molar-refractivity contribution is -0.132. The second kappa shape index (κ2) is 9.88. The Morgan fingerprint density at radius 2 is 1.04 bits per heavy atom. The van der Waals surface area contributed by atoms with Gasteiger partial charge < -0.3 is 0 Å². The Bertz CT molecular complexity index is 455. The van der Waals surface area contributed by atoms with Gasteiger partial charge in [0.2, 0.25) is 0 Å². The third kappa shape index (κ3) is 8.12. The number of rotatable bonds is 10. The van der Waals surface area contributed by atoms with Crippen LogP contribution in [-0.2, 0) is 9.84 Å². The van der Waals surface area contributed by atoms with Crippen molar-refractivity contribution in [2.75, 3.05) is 0 Å². The summed E-state index contributed by atoms with van der Waals surface area (Å²) in [7, 11) is -4.27. The summed E-state index contributed by atoms with van der Waals surface area (Å²) in [5.41, 5.74) is 0. The van der Waals surface area contributed by atoms with Crippen LogP contribution >= 0.6 is 23.2 Å². The zero-order valence-corrected chi connectivity index (χ0v) is 16.1. The van der Waals surface area contributed by atoms with E-state index in [4.69, 9.17) is 23.2 Å². The molecule has 11 heteroatoms. The van der Waals surface area contributed by atoms with Gasteiger partial charge in [-0.3, -0.25) is 0 Å². The topological polar surface area (TPSA) is 34.1 Å². The van der Waals surface area contributed by atoms with Crippen molar-refractivity contribution in [1.82, 2.24) is 0 Å². The van der Waals surface area contributed by atoms with Crippen LogP contribution in [0.15, 0.2) is 0 Å². The lowest BCUT2D eigenvalue weighted by Crippen LogP contribution is -2.39. The van der Waals surface area contributed by atoms with E-state index < -0.39 is 56.3 Å². The van der Waals surface area contributed by atoms with Gasteiger partial charge in [-0.05, 0) is 25.7 Å². The molecule has 0 saturated carbocycles. The standard InChI is InChI=1S/C14H22Cl2F6O2S/c1-3-5-9(7-11(15)13(17,18)19)25(23,24)10(6-4-2)8-12(16)14(20,21)22/h9-12H,3-8H2,1-2H3. The van der Waals surface area contributed by atoms with Crippen molar-refractivity contribution in [1.29, 1.82) is 0 Å². The SMILES string of the molecule is CCCC(CC(Cl)C(F)(F)F)S(=O)(=O)C(CCC)CC(Cl)C(F)(F)F. The molecule has 0 aromatic rings. The summed E-state index contributed by atoms with van der Waals surface area (Å²) in [6.45, 7) is 3.16. The minimum Gasteiger partial charge on any atom is -0.228 e. The zero-order chi connectivity index (χ0) is 20.1. The number of hydrogen-bond acceptors (Lipinski definition) is 2. The van der Waals surface area contributed by atoms with Crippen LogP contribution in [-0.4, -0.2) is 42.0 Å². The summed E-state index contributed by atoms with van der Waals surface area (Å²) in [6, 6.07) is 0. The first-order valence-electron chi connectivity index (χ1n) is 7.82. The van der Waals surface area contributed by atoms with Crippen LogP contribution in [0.2, 0.25) is 0 Å². The van der Waals surface area contributed by atoms with Crippen LogP contribution in [0.4, 0.5) is 26.3 Å². The fourth-order valence-electron chi connectivity index (χ4n) is 2.48. The predicted molar refractivity (Wildman–Crippen MR) is 86.9 cm³/mol. The van der Waals surface area contributed by atoms with Crippen LogP contribution in [0, 0.1) is 0 Å². The van der Waals surface area contributed by atoms with Gasteiger partial charge in [0.25, 0.3) is 0 Å². The normalized spacial score (nSPS) is 18.6. The van der Waals surface area contributed by atoms with Gasteiger partial charge in [0.15, 0.2) is 9.84 Å². The molecule has 0 aromatic heterocycles. The summed E-state index contributed by atoms with van der Waals surface area (Å²) in [5, 5.41) is -7.68. The quantitative estimate of drug-likeness (QED) is 0.316. The number of alkyl halides is 8. The molecule has 0 aromatic carbocycles. The highest BCUT2D eigenvalue weighted by atomic mass is 35.5. The van der Waals surface area contributed by atoms with Crippen LogP contribution < -0.4 is 0 Å². The summed E-state index contributed by atoms with van der Waals surface area (Å²) >= 11 is 10.5. The molecule has 0 N–H and O–H groups in total. The van der Waals surface area contributed by atoms with Gasteiger partial charge in [-0.2, -0.15) is 26.3 Å². The van der Waals surface area contributed by atoms with Crippen molar-refractivity contribution in [3.63, 3.8) is 0 Å². The average Bonchev–Trinajstić information content (AvgIpc) is 2.43. The van der Waals surface area contributed by atoms with Crippen molar-refractivity contribution in [3.05, 3.63) is 0 Å². The molecule has 0 aliphatic carbocycles. The summed E-state index contributed by atoms with van der Waals surface area (Å²) in [6.07, 6.45) is -11.1. The first-order valence-corrected chi connectivity index (χ1v) is 10.3. The third-order valence-electron chi connectivity index (χ3n) is 3.80. The van der Waals surface area contributed by atoms with E-state index in [9.17, 15) is 34.8 Å². The molecule has 0 bridgehead atoms. The van der Waals surface area contributed by atoms with Gasteiger partial charge in [-0.1, -0.05) is 26.7 Å². The Kier molecular flexibility index (Phi) is 9.92. The number of sulfone groups is 1. The van der Waals surface area contributed by atoms with E-state index in [0.29, 0.717) is 0 Å². The van der Waals surface area contributed by atoms with E-state index in [1.54, 1.807) is 13.8 Å². The molecular weight excluding hydrogens is 417 g/mol. The zero-order valence-electron chi connectivity index (χ0n) is 13.8. The van der Waals surface area contributed by atoms with E-state index in [0.717, 1.165) is 0 Å². The van der Waals surface area contributed by atoms with Gasteiger partial charge >= 0.3 is 12.4 Å². The van der Waals surface area contributed by atoms with Crippen LogP contribution in [0.5, 0.6) is 0 Å². The molecule has 4 atom stereocenters. The molecule has 25 heavy (non-hydrogen) atoms.